The van der Waals surface area contributed by atoms with Gasteiger partial charge in [0.2, 0.25) is 0 Å². The minimum absolute atomic E-state index is 0.176. The second-order valence-corrected chi connectivity index (χ2v) is 3.21. The summed E-state index contributed by atoms with van der Waals surface area (Å²) in [4.78, 5) is 25.4. The quantitative estimate of drug-likeness (QED) is 0.792. The minimum atomic E-state index is -1.22. The molecule has 6 nitrogen and oxygen atoms in total. The summed E-state index contributed by atoms with van der Waals surface area (Å²) in [6.45, 7) is 0. The molecule has 16 heavy (non-hydrogen) atoms. The van der Waals surface area contributed by atoms with Gasteiger partial charge >= 0.3 is 11.9 Å². The Balaban J connectivity index is 2.69. The van der Waals surface area contributed by atoms with Crippen molar-refractivity contribution < 1.29 is 19.8 Å². The lowest BCUT2D eigenvalue weighted by molar-refractivity contribution is -0.136. The number of aliphatic carboxylic acids is 1. The van der Waals surface area contributed by atoms with E-state index in [2.05, 4.69) is 4.98 Å². The fourth-order valence-corrected chi connectivity index (χ4v) is 1.53. The van der Waals surface area contributed by atoms with E-state index in [0.29, 0.717) is 5.65 Å². The largest absolute Gasteiger partial charge is 0.481 e. The highest BCUT2D eigenvalue weighted by Gasteiger charge is 2.19. The van der Waals surface area contributed by atoms with E-state index in [1.54, 1.807) is 24.4 Å². The van der Waals surface area contributed by atoms with E-state index >= 15 is 0 Å². The van der Waals surface area contributed by atoms with E-state index in [4.69, 9.17) is 10.2 Å². The number of hydrogen-bond donors (Lipinski definition) is 2. The van der Waals surface area contributed by atoms with Gasteiger partial charge in [-0.05, 0) is 12.1 Å². The van der Waals surface area contributed by atoms with Gasteiger partial charge in [-0.15, -0.1) is 0 Å². The molecule has 0 saturated heterocycles. The molecular weight excluding hydrogens is 212 g/mol. The number of fused-ring (bicyclic) bond motifs is 1. The summed E-state index contributed by atoms with van der Waals surface area (Å²) >= 11 is 0. The zero-order valence-corrected chi connectivity index (χ0v) is 8.12. The van der Waals surface area contributed by atoms with Crippen LogP contribution in [0.25, 0.3) is 5.65 Å². The van der Waals surface area contributed by atoms with Crippen LogP contribution in [-0.4, -0.2) is 31.5 Å². The molecule has 0 atom stereocenters. The molecule has 6 heteroatoms. The van der Waals surface area contributed by atoms with Crippen LogP contribution in [0.3, 0.4) is 0 Å². The molecule has 82 valence electrons. The molecule has 0 bridgehead atoms. The molecule has 0 unspecified atom stereocenters. The number of rotatable bonds is 3. The van der Waals surface area contributed by atoms with Crippen molar-refractivity contribution in [2.75, 3.05) is 0 Å². The number of carbonyl (C=O) groups is 2. The fraction of sp³-hybridized carbons (Fsp3) is 0.100. The molecule has 2 aromatic rings. The van der Waals surface area contributed by atoms with Crippen LogP contribution >= 0.6 is 0 Å². The van der Waals surface area contributed by atoms with Crippen molar-refractivity contribution in [1.82, 2.24) is 9.38 Å². The number of hydrogen-bond acceptors (Lipinski definition) is 3. The predicted octanol–water partition coefficient (Wildman–Crippen LogP) is 0.660. The lowest BCUT2D eigenvalue weighted by Crippen LogP contribution is -2.09. The molecule has 2 heterocycles. The molecule has 0 fully saturated rings. The Kier molecular flexibility index (Phi) is 2.32. The van der Waals surface area contributed by atoms with Gasteiger partial charge in [-0.2, -0.15) is 0 Å². The minimum Gasteiger partial charge on any atom is -0.481 e. The Bertz CT molecular complexity index is 573. The lowest BCUT2D eigenvalue weighted by Gasteiger charge is -1.98. The second kappa shape index (κ2) is 3.65. The maximum absolute atomic E-state index is 10.9. The van der Waals surface area contributed by atoms with E-state index in [1.807, 2.05) is 0 Å². The Morgan fingerprint density at radius 2 is 2.06 bits per heavy atom. The van der Waals surface area contributed by atoms with Crippen LogP contribution in [0.4, 0.5) is 0 Å². The summed E-state index contributed by atoms with van der Waals surface area (Å²) in [5.74, 6) is -2.31. The summed E-state index contributed by atoms with van der Waals surface area (Å²) < 4.78 is 1.47. The maximum atomic E-state index is 10.9. The molecule has 0 radical (unpaired) electrons. The summed E-state index contributed by atoms with van der Waals surface area (Å²) in [6, 6.07) is 5.02. The van der Waals surface area contributed by atoms with E-state index in [9.17, 15) is 9.59 Å². The van der Waals surface area contributed by atoms with Gasteiger partial charge in [0.15, 0.2) is 5.69 Å². The highest BCUT2D eigenvalue weighted by Crippen LogP contribution is 2.13. The van der Waals surface area contributed by atoms with Crippen molar-refractivity contribution in [3.8, 4) is 0 Å². The lowest BCUT2D eigenvalue weighted by atomic mass is 10.2. The molecule has 0 aliphatic rings. The van der Waals surface area contributed by atoms with Gasteiger partial charge in [0.05, 0.1) is 12.1 Å². The Labute approximate surface area is 89.8 Å². The van der Waals surface area contributed by atoms with Crippen molar-refractivity contribution >= 4 is 17.6 Å². The predicted molar refractivity (Wildman–Crippen MR) is 53.5 cm³/mol. The number of nitrogens with zero attached hydrogens (tertiary/aromatic N) is 2. The number of imidazole rings is 1. The van der Waals surface area contributed by atoms with Crippen LogP contribution < -0.4 is 0 Å². The van der Waals surface area contributed by atoms with E-state index < -0.39 is 11.9 Å². The van der Waals surface area contributed by atoms with Crippen LogP contribution in [0.2, 0.25) is 0 Å². The molecule has 2 rings (SSSR count). The summed E-state index contributed by atoms with van der Waals surface area (Å²) in [5.41, 5.74) is 0.389. The topological polar surface area (TPSA) is 91.9 Å². The van der Waals surface area contributed by atoms with Crippen LogP contribution in [-0.2, 0) is 11.2 Å². The Morgan fingerprint density at radius 3 is 2.69 bits per heavy atom. The fourth-order valence-electron chi connectivity index (χ4n) is 1.53. The van der Waals surface area contributed by atoms with Gasteiger partial charge in [0.25, 0.3) is 0 Å². The van der Waals surface area contributed by atoms with Crippen molar-refractivity contribution in [3.63, 3.8) is 0 Å². The smallest absolute Gasteiger partial charge is 0.356 e. The zero-order chi connectivity index (χ0) is 11.7. The van der Waals surface area contributed by atoms with Gasteiger partial charge in [-0.1, -0.05) is 6.07 Å². The number of aromatic carboxylic acids is 1. The molecular formula is C10H8N2O4. The molecule has 0 saturated carbocycles. The van der Waals surface area contributed by atoms with Gasteiger partial charge in [0, 0.05) is 6.20 Å². The van der Waals surface area contributed by atoms with Crippen molar-refractivity contribution in [2.45, 2.75) is 6.42 Å². The molecule has 0 spiro atoms. The van der Waals surface area contributed by atoms with Crippen molar-refractivity contribution in [2.24, 2.45) is 0 Å². The number of carboxylic acid groups (broad SMARTS) is 2. The van der Waals surface area contributed by atoms with E-state index in [-0.39, 0.29) is 17.8 Å². The number of pyridine rings is 1. The summed E-state index contributed by atoms with van der Waals surface area (Å²) in [5, 5.41) is 17.6. The third-order valence-corrected chi connectivity index (χ3v) is 2.15. The van der Waals surface area contributed by atoms with Gasteiger partial charge < -0.3 is 14.6 Å². The number of carboxylic acids is 2. The molecule has 2 N–H and O–H groups in total. The highest BCUT2D eigenvalue weighted by molar-refractivity contribution is 5.89. The second-order valence-electron chi connectivity index (χ2n) is 3.21. The number of aromatic nitrogens is 2. The Hall–Kier alpha value is -2.37. The van der Waals surface area contributed by atoms with Crippen LogP contribution in [0, 0.1) is 0 Å². The first-order chi connectivity index (χ1) is 7.59. The van der Waals surface area contributed by atoms with Crippen LogP contribution in [0.15, 0.2) is 24.4 Å². The highest BCUT2D eigenvalue weighted by atomic mass is 16.4. The zero-order valence-electron chi connectivity index (χ0n) is 8.12. The van der Waals surface area contributed by atoms with E-state index in [0.717, 1.165) is 0 Å². The average Bonchev–Trinajstić information content (AvgIpc) is 2.57. The third-order valence-electron chi connectivity index (χ3n) is 2.15. The van der Waals surface area contributed by atoms with Crippen LogP contribution in [0.5, 0.6) is 0 Å². The van der Waals surface area contributed by atoms with E-state index in [1.165, 1.54) is 4.40 Å². The summed E-state index contributed by atoms with van der Waals surface area (Å²) in [7, 11) is 0. The molecule has 0 aliphatic carbocycles. The SMILES string of the molecule is O=C(O)Cc1c(C(=O)O)nc2ccccn12. The first-order valence-corrected chi connectivity index (χ1v) is 4.50. The first kappa shape index (κ1) is 10.2. The average molecular weight is 220 g/mol. The summed E-state index contributed by atoms with van der Waals surface area (Å²) in [6.07, 6.45) is 1.22. The van der Waals surface area contributed by atoms with Gasteiger partial charge in [-0.25, -0.2) is 9.78 Å². The van der Waals surface area contributed by atoms with Gasteiger partial charge in [-0.3, -0.25) is 4.79 Å². The van der Waals surface area contributed by atoms with Crippen molar-refractivity contribution in [3.05, 3.63) is 35.8 Å². The normalized spacial score (nSPS) is 10.5. The first-order valence-electron chi connectivity index (χ1n) is 4.50. The monoisotopic (exact) mass is 220 g/mol. The standard InChI is InChI=1S/C10H8N2O4/c13-8(14)5-6-9(10(15)16)11-7-3-1-2-4-12(6)7/h1-4H,5H2,(H,13,14)(H,15,16). The third kappa shape index (κ3) is 1.60. The molecule has 2 aromatic heterocycles. The van der Waals surface area contributed by atoms with Gasteiger partial charge in [0.1, 0.15) is 5.65 Å². The molecule has 0 aliphatic heterocycles. The maximum Gasteiger partial charge on any atom is 0.356 e. The molecule has 0 amide bonds. The van der Waals surface area contributed by atoms with Crippen LogP contribution in [0.1, 0.15) is 16.2 Å². The Morgan fingerprint density at radius 1 is 1.31 bits per heavy atom. The molecule has 0 aromatic carbocycles. The van der Waals surface area contributed by atoms with Crippen molar-refractivity contribution in [1.29, 1.82) is 0 Å².